The van der Waals surface area contributed by atoms with Gasteiger partial charge in [-0.05, 0) is 58.2 Å². The Morgan fingerprint density at radius 1 is 1.22 bits per heavy atom. The minimum atomic E-state index is 0.332. The molecule has 0 saturated carbocycles. The Kier molecular flexibility index (Phi) is 6.43. The fourth-order valence-corrected chi connectivity index (χ4v) is 2.27. The minimum Gasteiger partial charge on any atom is -0.385 e. The first-order valence-electron chi connectivity index (χ1n) is 6.65. The smallest absolute Gasteiger partial charge is 0.0386 e. The van der Waals surface area contributed by atoms with Crippen LogP contribution in [0.15, 0.2) is 18.2 Å². The molecule has 0 unspecified atom stereocenters. The van der Waals surface area contributed by atoms with Crippen LogP contribution in [0.3, 0.4) is 0 Å². The van der Waals surface area contributed by atoms with Gasteiger partial charge < -0.3 is 10.6 Å². The van der Waals surface area contributed by atoms with E-state index in [1.807, 2.05) is 0 Å². The third kappa shape index (κ3) is 6.05. The Morgan fingerprint density at radius 3 is 2.56 bits per heavy atom. The lowest BCUT2D eigenvalue weighted by atomic mass is 9.97. The average molecular weight is 360 g/mol. The molecular weight excluding hydrogens is 335 g/mol. The normalized spacial score (nSPS) is 11.6. The van der Waals surface area contributed by atoms with E-state index in [4.69, 9.17) is 0 Å². The largest absolute Gasteiger partial charge is 0.385 e. The second-order valence-electron chi connectivity index (χ2n) is 5.89. The summed E-state index contributed by atoms with van der Waals surface area (Å²) in [5.74, 6) is 0. The van der Waals surface area contributed by atoms with Crippen LogP contribution in [-0.2, 0) is 6.54 Å². The first kappa shape index (κ1) is 15.8. The summed E-state index contributed by atoms with van der Waals surface area (Å²) in [6, 6.07) is 6.60. The van der Waals surface area contributed by atoms with Crippen LogP contribution in [-0.4, -0.2) is 13.1 Å². The van der Waals surface area contributed by atoms with Crippen LogP contribution in [0.25, 0.3) is 0 Å². The van der Waals surface area contributed by atoms with Gasteiger partial charge in [-0.3, -0.25) is 0 Å². The van der Waals surface area contributed by atoms with Crippen molar-refractivity contribution in [3.63, 3.8) is 0 Å². The van der Waals surface area contributed by atoms with Crippen molar-refractivity contribution in [1.82, 2.24) is 5.32 Å². The topological polar surface area (TPSA) is 24.1 Å². The number of nitrogens with one attached hydrogen (secondary N) is 2. The summed E-state index contributed by atoms with van der Waals surface area (Å²) in [4.78, 5) is 0. The Morgan fingerprint density at radius 2 is 1.94 bits per heavy atom. The van der Waals surface area contributed by atoms with E-state index in [9.17, 15) is 0 Å². The molecule has 0 aromatic heterocycles. The lowest BCUT2D eigenvalue weighted by Gasteiger charge is -2.20. The van der Waals surface area contributed by atoms with Gasteiger partial charge in [0.05, 0.1) is 0 Å². The average Bonchev–Trinajstić information content (AvgIpc) is 2.26. The lowest BCUT2D eigenvalue weighted by Crippen LogP contribution is -2.26. The fourth-order valence-electron chi connectivity index (χ4n) is 1.71. The van der Waals surface area contributed by atoms with E-state index in [1.54, 1.807) is 0 Å². The number of hydrogen-bond acceptors (Lipinski definition) is 2. The monoisotopic (exact) mass is 360 g/mol. The van der Waals surface area contributed by atoms with Gasteiger partial charge in [0.2, 0.25) is 0 Å². The van der Waals surface area contributed by atoms with E-state index < -0.39 is 0 Å². The van der Waals surface area contributed by atoms with E-state index in [0.717, 1.165) is 26.1 Å². The van der Waals surface area contributed by atoms with Gasteiger partial charge in [0.15, 0.2) is 0 Å². The summed E-state index contributed by atoms with van der Waals surface area (Å²) in [6.45, 7) is 12.0. The summed E-state index contributed by atoms with van der Waals surface area (Å²) >= 11 is 2.37. The van der Waals surface area contributed by atoms with Crippen molar-refractivity contribution in [2.75, 3.05) is 18.4 Å². The van der Waals surface area contributed by atoms with Crippen molar-refractivity contribution >= 4 is 28.3 Å². The maximum Gasteiger partial charge on any atom is 0.0386 e. The fraction of sp³-hybridized carbons (Fsp3) is 0.600. The molecule has 18 heavy (non-hydrogen) atoms. The maximum absolute atomic E-state index is 3.54. The Bertz CT molecular complexity index is 369. The molecule has 0 bridgehead atoms. The van der Waals surface area contributed by atoms with Crippen molar-refractivity contribution in [1.29, 1.82) is 0 Å². The van der Waals surface area contributed by atoms with Crippen molar-refractivity contribution in [3.05, 3.63) is 27.3 Å². The van der Waals surface area contributed by atoms with E-state index in [1.165, 1.54) is 14.8 Å². The van der Waals surface area contributed by atoms with Crippen molar-refractivity contribution in [2.45, 2.75) is 40.7 Å². The summed E-state index contributed by atoms with van der Waals surface area (Å²) in [5.41, 5.74) is 2.96. The quantitative estimate of drug-likeness (QED) is 0.742. The number of rotatable bonds is 6. The van der Waals surface area contributed by atoms with Gasteiger partial charge in [-0.1, -0.05) is 27.7 Å². The molecule has 102 valence electrons. The van der Waals surface area contributed by atoms with Crippen molar-refractivity contribution in [3.8, 4) is 0 Å². The first-order chi connectivity index (χ1) is 8.42. The highest BCUT2D eigenvalue weighted by Gasteiger charge is 2.10. The molecule has 0 spiro atoms. The zero-order chi connectivity index (χ0) is 13.6. The third-order valence-corrected chi connectivity index (χ3v) is 3.27. The molecule has 0 aliphatic rings. The van der Waals surface area contributed by atoms with Gasteiger partial charge in [0.1, 0.15) is 0 Å². The van der Waals surface area contributed by atoms with Gasteiger partial charge in [0.25, 0.3) is 0 Å². The van der Waals surface area contributed by atoms with Crippen LogP contribution >= 0.6 is 22.6 Å². The number of anilines is 1. The Hall–Kier alpha value is -0.290. The maximum atomic E-state index is 3.54. The highest BCUT2D eigenvalue weighted by atomic mass is 127. The third-order valence-electron chi connectivity index (χ3n) is 2.60. The molecule has 1 rings (SSSR count). The predicted molar refractivity (Wildman–Crippen MR) is 89.1 cm³/mol. The number of hydrogen-bond donors (Lipinski definition) is 2. The molecule has 0 aliphatic carbocycles. The SMILES string of the molecule is CCCNc1ccc(I)cc1CNCC(C)(C)C. The molecule has 1 aromatic rings. The number of halogens is 1. The zero-order valence-corrected chi connectivity index (χ0v) is 14.1. The predicted octanol–water partition coefficient (Wildman–Crippen LogP) is 4.25. The van der Waals surface area contributed by atoms with Crippen LogP contribution in [0.2, 0.25) is 0 Å². The van der Waals surface area contributed by atoms with E-state index >= 15 is 0 Å². The molecule has 0 heterocycles. The lowest BCUT2D eigenvalue weighted by molar-refractivity contribution is 0.379. The second-order valence-corrected chi connectivity index (χ2v) is 7.14. The highest BCUT2D eigenvalue weighted by molar-refractivity contribution is 14.1. The molecule has 2 N–H and O–H groups in total. The molecule has 2 nitrogen and oxygen atoms in total. The molecular formula is C15H25IN2. The molecule has 0 amide bonds. The molecule has 0 saturated heterocycles. The second kappa shape index (κ2) is 7.34. The van der Waals surface area contributed by atoms with Gasteiger partial charge >= 0.3 is 0 Å². The van der Waals surface area contributed by atoms with Crippen LogP contribution < -0.4 is 10.6 Å². The molecule has 1 aromatic carbocycles. The Labute approximate surface area is 125 Å². The highest BCUT2D eigenvalue weighted by Crippen LogP contribution is 2.19. The molecule has 0 aliphatic heterocycles. The van der Waals surface area contributed by atoms with Crippen LogP contribution in [0.5, 0.6) is 0 Å². The summed E-state index contributed by atoms with van der Waals surface area (Å²) in [6.07, 6.45) is 1.15. The van der Waals surface area contributed by atoms with Crippen molar-refractivity contribution < 1.29 is 0 Å². The van der Waals surface area contributed by atoms with E-state index in [-0.39, 0.29) is 0 Å². The molecule has 0 fully saturated rings. The molecule has 0 radical (unpaired) electrons. The van der Waals surface area contributed by atoms with Gasteiger partial charge in [-0.25, -0.2) is 0 Å². The standard InChI is InChI=1S/C15H25IN2/c1-5-8-18-14-7-6-13(16)9-12(14)10-17-11-15(2,3)4/h6-7,9,17-18H,5,8,10-11H2,1-4H3. The van der Waals surface area contributed by atoms with E-state index in [2.05, 4.69) is 79.1 Å². The zero-order valence-electron chi connectivity index (χ0n) is 11.9. The van der Waals surface area contributed by atoms with Crippen LogP contribution in [0.4, 0.5) is 5.69 Å². The summed E-state index contributed by atoms with van der Waals surface area (Å²) < 4.78 is 1.29. The van der Waals surface area contributed by atoms with Crippen LogP contribution in [0.1, 0.15) is 39.7 Å². The van der Waals surface area contributed by atoms with E-state index in [0.29, 0.717) is 5.41 Å². The van der Waals surface area contributed by atoms with Gasteiger partial charge in [0, 0.05) is 28.9 Å². The van der Waals surface area contributed by atoms with Gasteiger partial charge in [-0.15, -0.1) is 0 Å². The van der Waals surface area contributed by atoms with Crippen molar-refractivity contribution in [2.24, 2.45) is 5.41 Å². The molecule has 0 atom stereocenters. The minimum absolute atomic E-state index is 0.332. The van der Waals surface area contributed by atoms with Gasteiger partial charge in [-0.2, -0.15) is 0 Å². The Balaban J connectivity index is 2.64. The molecule has 3 heteroatoms. The summed E-state index contributed by atoms with van der Waals surface area (Å²) in [7, 11) is 0. The number of benzene rings is 1. The van der Waals surface area contributed by atoms with Crippen LogP contribution in [0, 0.1) is 8.99 Å². The summed E-state index contributed by atoms with van der Waals surface area (Å²) in [5, 5.41) is 7.04. The first-order valence-corrected chi connectivity index (χ1v) is 7.73.